The Morgan fingerprint density at radius 3 is 2.45 bits per heavy atom. The number of carbonyl (C=O) groups excluding carboxylic acids is 1. The topological polar surface area (TPSA) is 49.7 Å². The highest BCUT2D eigenvalue weighted by molar-refractivity contribution is 6.31. The molecule has 0 aromatic heterocycles. The highest BCUT2D eigenvalue weighted by Crippen LogP contribution is 2.32. The quantitative estimate of drug-likeness (QED) is 0.773. The monoisotopic (exact) mass is 265 g/mol. The molecule has 0 unspecified atom stereocenters. The molecule has 3 nitrogen and oxygen atoms in total. The molecule has 2 aromatic rings. The van der Waals surface area contributed by atoms with Crippen molar-refractivity contribution in [3.8, 4) is 5.75 Å². The van der Waals surface area contributed by atoms with Crippen molar-refractivity contribution < 1.29 is 9.90 Å². The van der Waals surface area contributed by atoms with Crippen molar-refractivity contribution in [3.63, 3.8) is 0 Å². The molecule has 0 atom stereocenters. The van der Waals surface area contributed by atoms with E-state index in [-0.39, 0.29) is 11.5 Å². The van der Waals surface area contributed by atoms with Gasteiger partial charge < -0.3 is 5.11 Å². The average Bonchev–Trinajstić information content (AvgIpc) is 2.48. The highest BCUT2D eigenvalue weighted by Gasteiger charge is 2.29. The van der Waals surface area contributed by atoms with E-state index in [1.165, 1.54) is 0 Å². The van der Waals surface area contributed by atoms with Crippen LogP contribution in [0.25, 0.3) is 0 Å². The maximum atomic E-state index is 12.5. The summed E-state index contributed by atoms with van der Waals surface area (Å²) < 4.78 is 0. The Hall–Kier alpha value is -2.42. The first-order valence-electron chi connectivity index (χ1n) is 6.75. The van der Waals surface area contributed by atoms with Crippen molar-refractivity contribution in [1.29, 1.82) is 0 Å². The smallest absolute Gasteiger partial charge is 0.194 e. The summed E-state index contributed by atoms with van der Waals surface area (Å²) in [6.45, 7) is 2.72. The van der Waals surface area contributed by atoms with E-state index in [0.717, 1.165) is 17.7 Å². The molecule has 0 fully saturated rings. The minimum absolute atomic E-state index is 0.0538. The Morgan fingerprint density at radius 2 is 1.70 bits per heavy atom. The van der Waals surface area contributed by atoms with Crippen molar-refractivity contribution in [2.24, 2.45) is 4.99 Å². The van der Waals surface area contributed by atoms with Gasteiger partial charge in [-0.1, -0.05) is 43.3 Å². The molecule has 1 aliphatic rings. The number of ketones is 1. The highest BCUT2D eigenvalue weighted by atomic mass is 16.3. The van der Waals surface area contributed by atoms with Gasteiger partial charge in [0.1, 0.15) is 5.75 Å². The van der Waals surface area contributed by atoms with Gasteiger partial charge in [0.15, 0.2) is 5.78 Å². The number of aromatic hydroxyl groups is 1. The summed E-state index contributed by atoms with van der Waals surface area (Å²) in [7, 11) is 0. The lowest BCUT2D eigenvalue weighted by molar-refractivity contribution is 0.103. The van der Waals surface area contributed by atoms with Gasteiger partial charge in [0, 0.05) is 23.2 Å². The van der Waals surface area contributed by atoms with Crippen LogP contribution >= 0.6 is 0 Å². The summed E-state index contributed by atoms with van der Waals surface area (Å²) >= 11 is 0. The van der Waals surface area contributed by atoms with Crippen LogP contribution in [-0.4, -0.2) is 23.1 Å². The van der Waals surface area contributed by atoms with Gasteiger partial charge in [-0.15, -0.1) is 0 Å². The largest absolute Gasteiger partial charge is 0.507 e. The summed E-state index contributed by atoms with van der Waals surface area (Å²) in [5.74, 6) is 0.0576. The molecule has 1 N–H and O–H groups in total. The first kappa shape index (κ1) is 12.6. The molecule has 0 amide bonds. The Bertz CT molecular complexity index is 717. The number of phenolic OH excluding ortho intramolecular Hbond substituents is 1. The van der Waals surface area contributed by atoms with Crippen LogP contribution in [0.1, 0.15) is 40.4 Å². The molecule has 0 bridgehead atoms. The zero-order chi connectivity index (χ0) is 14.1. The van der Waals surface area contributed by atoms with Crippen LogP contribution in [0.3, 0.4) is 0 Å². The van der Waals surface area contributed by atoms with Gasteiger partial charge in [-0.2, -0.15) is 0 Å². The molecule has 0 saturated heterocycles. The van der Waals surface area contributed by atoms with Crippen molar-refractivity contribution >= 4 is 11.5 Å². The van der Waals surface area contributed by atoms with Gasteiger partial charge >= 0.3 is 0 Å². The fourth-order valence-corrected chi connectivity index (χ4v) is 2.53. The molecule has 100 valence electrons. The maximum absolute atomic E-state index is 12.5. The summed E-state index contributed by atoms with van der Waals surface area (Å²) in [6.07, 6.45) is 0.919. The van der Waals surface area contributed by atoms with E-state index in [9.17, 15) is 9.90 Å². The van der Waals surface area contributed by atoms with Gasteiger partial charge in [-0.3, -0.25) is 9.79 Å². The number of rotatable bonds is 2. The van der Waals surface area contributed by atoms with Crippen LogP contribution in [-0.2, 0) is 0 Å². The minimum atomic E-state index is -0.0538. The molecule has 2 aromatic carbocycles. The van der Waals surface area contributed by atoms with E-state index >= 15 is 0 Å². The Morgan fingerprint density at radius 1 is 1.00 bits per heavy atom. The Labute approximate surface area is 117 Å². The van der Waals surface area contributed by atoms with Crippen LogP contribution in [0, 0.1) is 0 Å². The van der Waals surface area contributed by atoms with Gasteiger partial charge in [-0.25, -0.2) is 0 Å². The normalized spacial score (nSPS) is 15.1. The van der Waals surface area contributed by atoms with E-state index in [1.807, 2.05) is 24.3 Å². The fourth-order valence-electron chi connectivity index (χ4n) is 2.53. The minimum Gasteiger partial charge on any atom is -0.507 e. The lowest BCUT2D eigenvalue weighted by atomic mass is 9.83. The number of fused-ring (bicyclic) bond motifs is 2. The van der Waals surface area contributed by atoms with Crippen LogP contribution in [0.2, 0.25) is 0 Å². The van der Waals surface area contributed by atoms with E-state index in [2.05, 4.69) is 11.9 Å². The molecule has 1 aliphatic carbocycles. The lowest BCUT2D eigenvalue weighted by Crippen LogP contribution is -2.21. The van der Waals surface area contributed by atoms with Crippen LogP contribution < -0.4 is 0 Å². The van der Waals surface area contributed by atoms with Crippen LogP contribution in [0.15, 0.2) is 47.5 Å². The van der Waals surface area contributed by atoms with Crippen molar-refractivity contribution in [2.45, 2.75) is 13.3 Å². The van der Waals surface area contributed by atoms with Gasteiger partial charge in [0.05, 0.1) is 11.3 Å². The molecule has 0 radical (unpaired) electrons. The summed E-state index contributed by atoms with van der Waals surface area (Å²) in [5, 5.41) is 10.1. The number of phenols is 1. The van der Waals surface area contributed by atoms with E-state index in [1.54, 1.807) is 18.2 Å². The molecule has 20 heavy (non-hydrogen) atoms. The van der Waals surface area contributed by atoms with Gasteiger partial charge in [-0.05, 0) is 12.5 Å². The van der Waals surface area contributed by atoms with Crippen molar-refractivity contribution in [3.05, 3.63) is 64.7 Å². The first-order chi connectivity index (χ1) is 9.74. The number of benzene rings is 2. The second kappa shape index (κ2) is 4.93. The van der Waals surface area contributed by atoms with Gasteiger partial charge in [0.2, 0.25) is 0 Å². The number of aliphatic imine (C=N–C) groups is 1. The second-order valence-electron chi connectivity index (χ2n) is 4.80. The molecule has 0 spiro atoms. The zero-order valence-corrected chi connectivity index (χ0v) is 11.3. The fraction of sp³-hybridized carbons (Fsp3) is 0.176. The molecule has 0 heterocycles. The summed E-state index contributed by atoms with van der Waals surface area (Å²) in [6, 6.07) is 12.5. The molecule has 0 aliphatic heterocycles. The molecular weight excluding hydrogens is 250 g/mol. The van der Waals surface area contributed by atoms with Crippen LogP contribution in [0.4, 0.5) is 0 Å². The standard InChI is InChI=1S/C17H15NO2/c1-2-10-18-16-11-6-3-4-7-12(11)17(20)13-8-5-9-14(19)15(13)16/h3-9,19H,2,10H2,1H3. The number of carbonyl (C=O) groups is 1. The molecule has 3 rings (SSSR count). The van der Waals surface area contributed by atoms with Crippen LogP contribution in [0.5, 0.6) is 5.75 Å². The Balaban J connectivity index is 2.31. The van der Waals surface area contributed by atoms with E-state index < -0.39 is 0 Å². The molecule has 0 saturated carbocycles. The zero-order valence-electron chi connectivity index (χ0n) is 11.3. The third-order valence-electron chi connectivity index (χ3n) is 3.44. The predicted octanol–water partition coefficient (Wildman–Crippen LogP) is 3.18. The SMILES string of the molecule is CCCN=C1c2ccccc2C(=O)c2cccc(O)c21. The van der Waals surface area contributed by atoms with E-state index in [0.29, 0.717) is 23.2 Å². The van der Waals surface area contributed by atoms with Gasteiger partial charge in [0.25, 0.3) is 0 Å². The third-order valence-corrected chi connectivity index (χ3v) is 3.44. The van der Waals surface area contributed by atoms with E-state index in [4.69, 9.17) is 0 Å². The predicted molar refractivity (Wildman–Crippen MR) is 78.8 cm³/mol. The maximum Gasteiger partial charge on any atom is 0.194 e. The Kier molecular flexibility index (Phi) is 3.11. The lowest BCUT2D eigenvalue weighted by Gasteiger charge is -2.21. The van der Waals surface area contributed by atoms with Crippen molar-refractivity contribution in [1.82, 2.24) is 0 Å². The first-order valence-corrected chi connectivity index (χ1v) is 6.75. The molecule has 3 heteroatoms. The number of hydrogen-bond donors (Lipinski definition) is 1. The summed E-state index contributed by atoms with van der Waals surface area (Å²) in [4.78, 5) is 17.1. The average molecular weight is 265 g/mol. The third kappa shape index (κ3) is 1.83. The summed E-state index contributed by atoms with van der Waals surface area (Å²) in [5.41, 5.74) is 3.26. The molecular formula is C17H15NO2. The van der Waals surface area contributed by atoms with Crippen molar-refractivity contribution in [2.75, 3.05) is 6.54 Å². The second-order valence-corrected chi connectivity index (χ2v) is 4.80. The number of nitrogens with zero attached hydrogens (tertiary/aromatic N) is 1. The number of hydrogen-bond acceptors (Lipinski definition) is 3.